The van der Waals surface area contributed by atoms with Crippen molar-refractivity contribution in [2.75, 3.05) is 13.0 Å². The minimum atomic E-state index is 0.606. The minimum absolute atomic E-state index is 0.606. The van der Waals surface area contributed by atoms with E-state index in [9.17, 15) is 0 Å². The summed E-state index contributed by atoms with van der Waals surface area (Å²) in [7, 11) is 1.67. The Labute approximate surface area is 104 Å². The molecule has 0 aliphatic carbocycles. The van der Waals surface area contributed by atoms with E-state index in [1.165, 1.54) is 0 Å². The van der Waals surface area contributed by atoms with Gasteiger partial charge in [-0.1, -0.05) is 12.1 Å². The Kier molecular flexibility index (Phi) is 3.80. The lowest BCUT2D eigenvalue weighted by Gasteiger charge is -2.04. The van der Waals surface area contributed by atoms with Crippen LogP contribution in [0.1, 0.15) is 5.69 Å². The zero-order valence-corrected chi connectivity index (χ0v) is 10.5. The molecule has 0 saturated heterocycles. The fourth-order valence-corrected chi connectivity index (χ4v) is 2.54. The Bertz CT molecular complexity index is 470. The fraction of sp³-hybridized carbons (Fsp3) is 0.250. The maximum atomic E-state index is 5.69. The molecule has 0 bridgehead atoms. The van der Waals surface area contributed by atoms with Gasteiger partial charge < -0.3 is 4.74 Å². The third-order valence-corrected chi connectivity index (χ3v) is 3.35. The van der Waals surface area contributed by atoms with Gasteiger partial charge in [0, 0.05) is 17.7 Å². The normalized spacial score (nSPS) is 10.4. The quantitative estimate of drug-likeness (QED) is 0.777. The van der Waals surface area contributed by atoms with Gasteiger partial charge in [0.05, 0.1) is 18.4 Å². The zero-order chi connectivity index (χ0) is 11.4. The summed E-state index contributed by atoms with van der Waals surface area (Å²) in [5.41, 5.74) is 2.08. The lowest BCUT2D eigenvalue weighted by atomic mass is 10.2. The molecule has 0 N–H and O–H groups in total. The van der Waals surface area contributed by atoms with Crippen LogP contribution in [0.25, 0.3) is 10.6 Å². The molecule has 0 radical (unpaired) electrons. The van der Waals surface area contributed by atoms with Gasteiger partial charge in [0.1, 0.15) is 10.8 Å². The molecule has 0 atom stereocenters. The highest BCUT2D eigenvalue weighted by Gasteiger charge is 2.08. The van der Waals surface area contributed by atoms with E-state index < -0.39 is 0 Å². The molecule has 4 heteroatoms. The van der Waals surface area contributed by atoms with Crippen LogP contribution < -0.4 is 4.74 Å². The van der Waals surface area contributed by atoms with Crippen LogP contribution in [-0.4, -0.2) is 18.0 Å². The summed E-state index contributed by atoms with van der Waals surface area (Å²) < 4.78 is 5.31. The van der Waals surface area contributed by atoms with Crippen molar-refractivity contribution in [3.63, 3.8) is 0 Å². The van der Waals surface area contributed by atoms with Crippen molar-refractivity contribution in [3.8, 4) is 16.3 Å². The van der Waals surface area contributed by atoms with Crippen LogP contribution in [-0.2, 0) is 6.42 Å². The first-order valence-electron chi connectivity index (χ1n) is 4.99. The maximum absolute atomic E-state index is 5.69. The van der Waals surface area contributed by atoms with Crippen molar-refractivity contribution in [1.29, 1.82) is 0 Å². The van der Waals surface area contributed by atoms with Crippen molar-refractivity contribution in [3.05, 3.63) is 35.3 Å². The summed E-state index contributed by atoms with van der Waals surface area (Å²) in [5, 5.41) is 3.03. The van der Waals surface area contributed by atoms with Gasteiger partial charge >= 0.3 is 0 Å². The van der Waals surface area contributed by atoms with Gasteiger partial charge in [0.15, 0.2) is 0 Å². The maximum Gasteiger partial charge on any atom is 0.129 e. The number of rotatable bonds is 4. The number of thiazole rings is 1. The van der Waals surface area contributed by atoms with E-state index in [1.807, 2.05) is 29.6 Å². The van der Waals surface area contributed by atoms with E-state index >= 15 is 0 Å². The molecule has 84 valence electrons. The number of alkyl halides is 1. The largest absolute Gasteiger partial charge is 0.496 e. The molecule has 0 unspecified atom stereocenters. The lowest BCUT2D eigenvalue weighted by Crippen LogP contribution is -1.88. The average Bonchev–Trinajstić information content (AvgIpc) is 2.78. The Hall–Kier alpha value is -1.06. The number of nitrogens with zero attached hydrogens (tertiary/aromatic N) is 1. The summed E-state index contributed by atoms with van der Waals surface area (Å²) in [4.78, 5) is 4.53. The van der Waals surface area contributed by atoms with Gasteiger partial charge in [-0.3, -0.25) is 0 Å². The molecule has 0 fully saturated rings. The van der Waals surface area contributed by atoms with Crippen LogP contribution in [0.3, 0.4) is 0 Å². The monoisotopic (exact) mass is 253 g/mol. The summed E-state index contributed by atoms with van der Waals surface area (Å²) >= 11 is 7.31. The standard InChI is InChI=1S/C12H12ClNOS/c1-15-11-5-3-2-4-10(11)12-14-9(6-7-13)8-16-12/h2-5,8H,6-7H2,1H3. The molecule has 0 amide bonds. The predicted octanol–water partition coefficient (Wildman–Crippen LogP) is 3.60. The van der Waals surface area contributed by atoms with Crippen LogP contribution in [0.15, 0.2) is 29.6 Å². The summed E-state index contributed by atoms with van der Waals surface area (Å²) in [6.45, 7) is 0. The van der Waals surface area contributed by atoms with E-state index in [2.05, 4.69) is 4.98 Å². The fourth-order valence-electron chi connectivity index (χ4n) is 1.46. The Morgan fingerprint density at radius 3 is 2.94 bits per heavy atom. The molecule has 1 heterocycles. The van der Waals surface area contributed by atoms with Crippen molar-refractivity contribution < 1.29 is 4.74 Å². The smallest absolute Gasteiger partial charge is 0.129 e. The number of hydrogen-bond donors (Lipinski definition) is 0. The van der Waals surface area contributed by atoms with E-state index in [1.54, 1.807) is 18.4 Å². The van der Waals surface area contributed by atoms with Gasteiger partial charge in [0.25, 0.3) is 0 Å². The van der Waals surface area contributed by atoms with Crippen molar-refractivity contribution >= 4 is 22.9 Å². The summed E-state index contributed by atoms with van der Waals surface area (Å²) in [5.74, 6) is 1.46. The van der Waals surface area contributed by atoms with Crippen molar-refractivity contribution in [2.45, 2.75) is 6.42 Å². The molecule has 2 aromatic rings. The van der Waals surface area contributed by atoms with E-state index in [4.69, 9.17) is 16.3 Å². The van der Waals surface area contributed by atoms with Crippen LogP contribution in [0.5, 0.6) is 5.75 Å². The molecular formula is C12H12ClNOS. The van der Waals surface area contributed by atoms with Crippen LogP contribution in [0.2, 0.25) is 0 Å². The molecule has 16 heavy (non-hydrogen) atoms. The number of aromatic nitrogens is 1. The lowest BCUT2D eigenvalue weighted by molar-refractivity contribution is 0.416. The zero-order valence-electron chi connectivity index (χ0n) is 8.94. The van der Waals surface area contributed by atoms with Crippen molar-refractivity contribution in [2.24, 2.45) is 0 Å². The highest BCUT2D eigenvalue weighted by Crippen LogP contribution is 2.31. The van der Waals surface area contributed by atoms with E-state index in [0.717, 1.165) is 28.4 Å². The van der Waals surface area contributed by atoms with Gasteiger partial charge in [0.2, 0.25) is 0 Å². The SMILES string of the molecule is COc1ccccc1-c1nc(CCCl)cs1. The second-order valence-electron chi connectivity index (χ2n) is 3.28. The number of hydrogen-bond acceptors (Lipinski definition) is 3. The van der Waals surface area contributed by atoms with Gasteiger partial charge in [-0.15, -0.1) is 22.9 Å². The Morgan fingerprint density at radius 1 is 1.38 bits per heavy atom. The topological polar surface area (TPSA) is 22.1 Å². The number of halogens is 1. The molecule has 2 nitrogen and oxygen atoms in total. The first-order chi connectivity index (χ1) is 7.85. The number of para-hydroxylation sites is 1. The number of aryl methyl sites for hydroxylation is 1. The summed E-state index contributed by atoms with van der Waals surface area (Å²) in [6, 6.07) is 7.90. The summed E-state index contributed by atoms with van der Waals surface area (Å²) in [6.07, 6.45) is 0.813. The molecule has 0 spiro atoms. The molecule has 0 saturated carbocycles. The van der Waals surface area contributed by atoms with E-state index in [-0.39, 0.29) is 0 Å². The average molecular weight is 254 g/mol. The first kappa shape index (κ1) is 11.4. The minimum Gasteiger partial charge on any atom is -0.496 e. The number of benzene rings is 1. The van der Waals surface area contributed by atoms with Crippen LogP contribution >= 0.6 is 22.9 Å². The second-order valence-corrected chi connectivity index (χ2v) is 4.52. The highest BCUT2D eigenvalue weighted by molar-refractivity contribution is 7.13. The second kappa shape index (κ2) is 5.32. The van der Waals surface area contributed by atoms with Crippen molar-refractivity contribution in [1.82, 2.24) is 4.98 Å². The Balaban J connectivity index is 2.34. The molecule has 0 aliphatic rings. The molecular weight excluding hydrogens is 242 g/mol. The molecule has 2 rings (SSSR count). The van der Waals surface area contributed by atoms with E-state index in [0.29, 0.717) is 5.88 Å². The molecule has 1 aromatic carbocycles. The first-order valence-corrected chi connectivity index (χ1v) is 6.40. The predicted molar refractivity (Wildman–Crippen MR) is 68.5 cm³/mol. The van der Waals surface area contributed by atoms with Gasteiger partial charge in [-0.2, -0.15) is 0 Å². The van der Waals surface area contributed by atoms with Gasteiger partial charge in [-0.25, -0.2) is 4.98 Å². The molecule has 0 aliphatic heterocycles. The van der Waals surface area contributed by atoms with Crippen LogP contribution in [0.4, 0.5) is 0 Å². The Morgan fingerprint density at radius 2 is 2.19 bits per heavy atom. The van der Waals surface area contributed by atoms with Crippen LogP contribution in [0, 0.1) is 0 Å². The number of methoxy groups -OCH3 is 1. The number of ether oxygens (including phenoxy) is 1. The molecule has 1 aromatic heterocycles. The third kappa shape index (κ3) is 2.36. The van der Waals surface area contributed by atoms with Gasteiger partial charge in [-0.05, 0) is 12.1 Å². The highest BCUT2D eigenvalue weighted by atomic mass is 35.5. The third-order valence-electron chi connectivity index (χ3n) is 2.24.